The Labute approximate surface area is 82.4 Å². The van der Waals surface area contributed by atoms with Crippen LogP contribution >= 0.6 is 0 Å². The predicted octanol–water partition coefficient (Wildman–Crippen LogP) is 1.10. The van der Waals surface area contributed by atoms with E-state index >= 15 is 0 Å². The summed E-state index contributed by atoms with van der Waals surface area (Å²) < 4.78 is 0. The molecule has 1 aromatic carbocycles. The third-order valence-electron chi connectivity index (χ3n) is 1.87. The molecule has 14 heavy (non-hydrogen) atoms. The number of nitrogens with two attached hydrogens (primary N) is 1. The van der Waals surface area contributed by atoms with Crippen molar-refractivity contribution in [1.82, 2.24) is 0 Å². The Kier molecular flexibility index (Phi) is 4.99. The third-order valence-corrected chi connectivity index (χ3v) is 1.87. The van der Waals surface area contributed by atoms with Crippen LogP contribution in [0.2, 0.25) is 0 Å². The zero-order chi connectivity index (χ0) is 11.1. The van der Waals surface area contributed by atoms with Crippen LogP contribution in [0, 0.1) is 13.8 Å². The Morgan fingerprint density at radius 3 is 2.29 bits per heavy atom. The molecule has 3 N–H and O–H groups in total. The van der Waals surface area contributed by atoms with E-state index in [1.165, 1.54) is 0 Å². The molecule has 0 fully saturated rings. The van der Waals surface area contributed by atoms with Gasteiger partial charge in [0.2, 0.25) is 5.91 Å². The normalized spacial score (nSPS) is 8.43. The maximum absolute atomic E-state index is 10.8. The van der Waals surface area contributed by atoms with Crippen molar-refractivity contribution >= 4 is 12.4 Å². The molecule has 0 aliphatic rings. The highest BCUT2D eigenvalue weighted by atomic mass is 16.3. The molecule has 1 rings (SSSR count). The first kappa shape index (κ1) is 12.2. The monoisotopic (exact) mass is 195 g/mol. The maximum Gasteiger partial charge on any atom is 0.290 e. The Bertz CT molecular complexity index is 334. The maximum atomic E-state index is 10.8. The van der Waals surface area contributed by atoms with Crippen molar-refractivity contribution in [3.05, 3.63) is 34.9 Å². The van der Waals surface area contributed by atoms with Crippen LogP contribution in [0.15, 0.2) is 18.2 Å². The van der Waals surface area contributed by atoms with E-state index in [1.807, 2.05) is 26.0 Å². The van der Waals surface area contributed by atoms with Gasteiger partial charge in [0.25, 0.3) is 6.47 Å². The van der Waals surface area contributed by atoms with E-state index < -0.39 is 0 Å². The Morgan fingerprint density at radius 2 is 1.93 bits per heavy atom. The summed E-state index contributed by atoms with van der Waals surface area (Å²) in [5.74, 6) is -0.355. The van der Waals surface area contributed by atoms with Crippen LogP contribution in [-0.4, -0.2) is 17.5 Å². The lowest BCUT2D eigenvalue weighted by molar-refractivity contribution is -0.122. The number of rotatable bonds is 1. The van der Waals surface area contributed by atoms with Crippen LogP contribution in [0.25, 0.3) is 0 Å². The Balaban J connectivity index is 0.000000500. The number of benzene rings is 1. The molecule has 0 saturated heterocycles. The molecule has 0 atom stereocenters. The van der Waals surface area contributed by atoms with Gasteiger partial charge in [-0.15, -0.1) is 0 Å². The predicted molar refractivity (Wildman–Crippen MR) is 53.1 cm³/mol. The molecule has 0 heterocycles. The molecule has 0 unspecified atom stereocenters. The van der Waals surface area contributed by atoms with Crippen molar-refractivity contribution in [2.45, 2.75) is 13.8 Å². The summed E-state index contributed by atoms with van der Waals surface area (Å²) in [6.07, 6.45) is 0. The minimum Gasteiger partial charge on any atom is -0.483 e. The lowest BCUT2D eigenvalue weighted by atomic mass is 10.0. The molecule has 0 aromatic heterocycles. The van der Waals surface area contributed by atoms with Crippen LogP contribution in [0.5, 0.6) is 0 Å². The number of carbonyl (C=O) groups excluding carboxylic acids is 1. The van der Waals surface area contributed by atoms with Crippen molar-refractivity contribution in [2.24, 2.45) is 5.73 Å². The topological polar surface area (TPSA) is 80.4 Å². The number of amides is 1. The lowest BCUT2D eigenvalue weighted by Crippen LogP contribution is -2.12. The first-order valence-electron chi connectivity index (χ1n) is 3.98. The fourth-order valence-corrected chi connectivity index (χ4v) is 1.02. The fraction of sp³-hybridized carbons (Fsp3) is 0.200. The SMILES string of the molecule is Cc1cccc(C(N)=O)c1C.O=CO. The number of hydrogen-bond acceptors (Lipinski definition) is 2. The molecule has 0 radical (unpaired) electrons. The Hall–Kier alpha value is -1.84. The molecular weight excluding hydrogens is 182 g/mol. The molecule has 4 nitrogen and oxygen atoms in total. The van der Waals surface area contributed by atoms with Crippen LogP contribution in [0.3, 0.4) is 0 Å². The van der Waals surface area contributed by atoms with Gasteiger partial charge in [0, 0.05) is 5.56 Å². The summed E-state index contributed by atoms with van der Waals surface area (Å²) in [6.45, 7) is 3.61. The second-order valence-electron chi connectivity index (χ2n) is 2.72. The summed E-state index contributed by atoms with van der Waals surface area (Å²) >= 11 is 0. The van der Waals surface area contributed by atoms with Gasteiger partial charge in [0.05, 0.1) is 0 Å². The molecule has 0 aliphatic heterocycles. The van der Waals surface area contributed by atoms with E-state index in [9.17, 15) is 4.79 Å². The quantitative estimate of drug-likeness (QED) is 0.658. The fourth-order valence-electron chi connectivity index (χ4n) is 1.02. The summed E-state index contributed by atoms with van der Waals surface area (Å²) in [5.41, 5.74) is 7.83. The molecule has 4 heteroatoms. The minimum absolute atomic E-state index is 0.250. The van der Waals surface area contributed by atoms with Gasteiger partial charge < -0.3 is 10.8 Å². The average molecular weight is 195 g/mol. The zero-order valence-corrected chi connectivity index (χ0v) is 8.15. The van der Waals surface area contributed by atoms with Crippen LogP contribution in [0.4, 0.5) is 0 Å². The molecule has 0 bridgehead atoms. The van der Waals surface area contributed by atoms with Gasteiger partial charge in [-0.05, 0) is 31.0 Å². The highest BCUT2D eigenvalue weighted by molar-refractivity contribution is 5.94. The minimum atomic E-state index is -0.355. The van der Waals surface area contributed by atoms with E-state index in [2.05, 4.69) is 0 Å². The first-order chi connectivity index (χ1) is 6.54. The van der Waals surface area contributed by atoms with Crippen molar-refractivity contribution in [2.75, 3.05) is 0 Å². The van der Waals surface area contributed by atoms with E-state index in [1.54, 1.807) is 6.07 Å². The van der Waals surface area contributed by atoms with Gasteiger partial charge in [-0.2, -0.15) is 0 Å². The summed E-state index contributed by atoms with van der Waals surface area (Å²) in [6, 6.07) is 5.54. The second-order valence-corrected chi connectivity index (χ2v) is 2.72. The van der Waals surface area contributed by atoms with Crippen molar-refractivity contribution in [3.8, 4) is 0 Å². The molecule has 0 spiro atoms. The molecule has 76 valence electrons. The highest BCUT2D eigenvalue weighted by Crippen LogP contribution is 2.11. The smallest absolute Gasteiger partial charge is 0.290 e. The summed E-state index contributed by atoms with van der Waals surface area (Å²) in [7, 11) is 0. The molecule has 1 aromatic rings. The zero-order valence-electron chi connectivity index (χ0n) is 8.15. The van der Waals surface area contributed by atoms with Crippen molar-refractivity contribution in [1.29, 1.82) is 0 Å². The average Bonchev–Trinajstić information content (AvgIpc) is 2.10. The van der Waals surface area contributed by atoms with Gasteiger partial charge in [-0.25, -0.2) is 0 Å². The van der Waals surface area contributed by atoms with Gasteiger partial charge >= 0.3 is 0 Å². The van der Waals surface area contributed by atoms with Crippen molar-refractivity contribution < 1.29 is 14.7 Å². The van der Waals surface area contributed by atoms with Gasteiger partial charge in [0.15, 0.2) is 0 Å². The van der Waals surface area contributed by atoms with Crippen LogP contribution < -0.4 is 5.73 Å². The number of hydrogen-bond donors (Lipinski definition) is 2. The first-order valence-corrected chi connectivity index (χ1v) is 3.98. The van der Waals surface area contributed by atoms with E-state index in [4.69, 9.17) is 15.6 Å². The standard InChI is InChI=1S/C9H11NO.CH2O2/c1-6-4-3-5-8(7(6)2)9(10)11;2-1-3/h3-5H,1-2H3,(H2,10,11);1H,(H,2,3). The van der Waals surface area contributed by atoms with E-state index in [0.29, 0.717) is 5.56 Å². The Morgan fingerprint density at radius 1 is 1.43 bits per heavy atom. The van der Waals surface area contributed by atoms with E-state index in [-0.39, 0.29) is 12.4 Å². The second kappa shape index (κ2) is 5.75. The van der Waals surface area contributed by atoms with Gasteiger partial charge in [-0.1, -0.05) is 12.1 Å². The van der Waals surface area contributed by atoms with Gasteiger partial charge in [-0.3, -0.25) is 9.59 Å². The van der Waals surface area contributed by atoms with Crippen LogP contribution in [-0.2, 0) is 4.79 Å². The summed E-state index contributed by atoms with van der Waals surface area (Å²) in [5, 5.41) is 6.89. The number of carboxylic acid groups (broad SMARTS) is 1. The number of primary amides is 1. The number of carbonyl (C=O) groups is 2. The molecular formula is C10H13NO3. The van der Waals surface area contributed by atoms with E-state index in [0.717, 1.165) is 11.1 Å². The van der Waals surface area contributed by atoms with Crippen molar-refractivity contribution in [3.63, 3.8) is 0 Å². The summed E-state index contributed by atoms with van der Waals surface area (Å²) in [4.78, 5) is 19.2. The third kappa shape index (κ3) is 3.26. The lowest BCUT2D eigenvalue weighted by Gasteiger charge is -2.03. The van der Waals surface area contributed by atoms with Crippen LogP contribution in [0.1, 0.15) is 21.5 Å². The van der Waals surface area contributed by atoms with Gasteiger partial charge in [0.1, 0.15) is 0 Å². The largest absolute Gasteiger partial charge is 0.483 e. The highest BCUT2D eigenvalue weighted by Gasteiger charge is 2.04. The molecule has 0 aliphatic carbocycles. The molecule has 0 saturated carbocycles. The molecule has 1 amide bonds. The number of aryl methyl sites for hydroxylation is 1.